The fourth-order valence-electron chi connectivity index (χ4n) is 3.65. The minimum Gasteiger partial charge on any atom is -0.504 e. The van der Waals surface area contributed by atoms with Crippen LogP contribution < -0.4 is 15.4 Å². The number of quaternary nitrogens is 1. The number of rotatable bonds is 5. The summed E-state index contributed by atoms with van der Waals surface area (Å²) < 4.78 is 6.63. The molecule has 3 aromatic rings. The number of aromatic hydroxyl groups is 1. The Morgan fingerprint density at radius 2 is 1.80 bits per heavy atom. The molecule has 2 unspecified atom stereocenters. The number of nitrogens with two attached hydrogens (primary N) is 1. The van der Waals surface area contributed by atoms with Crippen LogP contribution in [0.4, 0.5) is 0 Å². The van der Waals surface area contributed by atoms with Crippen molar-refractivity contribution in [2.75, 3.05) is 6.61 Å². The largest absolute Gasteiger partial charge is 0.504 e. The summed E-state index contributed by atoms with van der Waals surface area (Å²) in [6.45, 7) is 2.41. The highest BCUT2D eigenvalue weighted by molar-refractivity contribution is 9.10. The van der Waals surface area contributed by atoms with Crippen molar-refractivity contribution in [2.45, 2.75) is 19.1 Å². The van der Waals surface area contributed by atoms with Gasteiger partial charge in [-0.15, -0.1) is 0 Å². The maximum absolute atomic E-state index is 10.8. The summed E-state index contributed by atoms with van der Waals surface area (Å²) in [5, 5.41) is 17.4. The number of phenols is 1. The molecular formula is C24H23BrClN2O2+. The molecule has 4 nitrogen and oxygen atoms in total. The second kappa shape index (κ2) is 9.13. The molecule has 0 saturated carbocycles. The van der Waals surface area contributed by atoms with Crippen LogP contribution in [0.3, 0.4) is 0 Å². The summed E-state index contributed by atoms with van der Waals surface area (Å²) in [4.78, 5) is 0. The van der Waals surface area contributed by atoms with E-state index in [4.69, 9.17) is 16.3 Å². The first-order valence-electron chi connectivity index (χ1n) is 9.84. The molecule has 154 valence electrons. The van der Waals surface area contributed by atoms with Gasteiger partial charge in [-0.2, -0.15) is 0 Å². The smallest absolute Gasteiger partial charge is 0.186 e. The number of nitrogens with one attached hydrogen (secondary N) is 1. The Hall–Kier alpha value is -2.47. The summed E-state index contributed by atoms with van der Waals surface area (Å²) in [7, 11) is 0. The highest BCUT2D eigenvalue weighted by Gasteiger charge is 2.30. The van der Waals surface area contributed by atoms with Gasteiger partial charge in [0.05, 0.1) is 12.2 Å². The van der Waals surface area contributed by atoms with Crippen molar-refractivity contribution in [3.8, 4) is 11.5 Å². The van der Waals surface area contributed by atoms with E-state index in [0.29, 0.717) is 17.4 Å². The van der Waals surface area contributed by atoms with Crippen molar-refractivity contribution in [1.29, 1.82) is 0 Å². The van der Waals surface area contributed by atoms with Crippen LogP contribution in [0.2, 0.25) is 5.02 Å². The second-order valence-corrected chi connectivity index (χ2v) is 8.46. The van der Waals surface area contributed by atoms with Gasteiger partial charge in [0.1, 0.15) is 6.04 Å². The van der Waals surface area contributed by atoms with Gasteiger partial charge in [-0.05, 0) is 61.0 Å². The molecule has 0 aromatic heterocycles. The average molecular weight is 487 g/mol. The molecule has 0 saturated heterocycles. The number of hydrogen-bond donors (Lipinski definition) is 3. The van der Waals surface area contributed by atoms with Crippen LogP contribution in [0.15, 0.2) is 77.3 Å². The molecule has 1 aliphatic heterocycles. The van der Waals surface area contributed by atoms with Gasteiger partial charge in [-0.3, -0.25) is 0 Å². The van der Waals surface area contributed by atoms with Gasteiger partial charge in [0.15, 0.2) is 17.7 Å². The molecular weight excluding hydrogens is 464 g/mol. The quantitative estimate of drug-likeness (QED) is 0.467. The third-order valence-electron chi connectivity index (χ3n) is 5.13. The molecule has 6 heteroatoms. The maximum atomic E-state index is 10.8. The Morgan fingerprint density at radius 1 is 1.07 bits per heavy atom. The Bertz CT molecular complexity index is 1050. The van der Waals surface area contributed by atoms with E-state index in [-0.39, 0.29) is 18.0 Å². The van der Waals surface area contributed by atoms with E-state index in [1.807, 2.05) is 55.5 Å². The monoisotopic (exact) mass is 485 g/mol. The van der Waals surface area contributed by atoms with Crippen LogP contribution in [0, 0.1) is 0 Å². The van der Waals surface area contributed by atoms with E-state index in [0.717, 1.165) is 26.9 Å². The average Bonchev–Trinajstić information content (AvgIpc) is 2.76. The molecule has 0 bridgehead atoms. The van der Waals surface area contributed by atoms with Gasteiger partial charge in [-0.1, -0.05) is 45.7 Å². The third kappa shape index (κ3) is 4.48. The zero-order valence-electron chi connectivity index (χ0n) is 16.5. The highest BCUT2D eigenvalue weighted by atomic mass is 79.9. The van der Waals surface area contributed by atoms with Crippen molar-refractivity contribution in [2.24, 2.45) is 0 Å². The first kappa shape index (κ1) is 20.8. The number of hydrogen-bond acceptors (Lipinski definition) is 3. The lowest BCUT2D eigenvalue weighted by atomic mass is 9.97. The standard InChI is InChI=1S/C24H22BrClN2O2/c1-2-30-22-5-3-4-19(23(22)29)21-14-20(15-6-10-17(25)11-7-15)27-24(28-21)16-8-12-18(26)13-9-16/h3-14,21,24,27-29H,2H2,1H3/p+1. The van der Waals surface area contributed by atoms with Crippen molar-refractivity contribution >= 4 is 33.2 Å². The minimum atomic E-state index is -0.0917. The molecule has 3 aromatic carbocycles. The molecule has 0 amide bonds. The Balaban J connectivity index is 1.75. The molecule has 0 spiro atoms. The fraction of sp³-hybridized carbons (Fsp3) is 0.167. The Kier molecular flexibility index (Phi) is 6.32. The summed E-state index contributed by atoms with van der Waals surface area (Å²) >= 11 is 9.59. The maximum Gasteiger partial charge on any atom is 0.186 e. The van der Waals surface area contributed by atoms with Gasteiger partial charge in [0.2, 0.25) is 0 Å². The highest BCUT2D eigenvalue weighted by Crippen LogP contribution is 2.35. The lowest BCUT2D eigenvalue weighted by molar-refractivity contribution is -0.731. The zero-order chi connectivity index (χ0) is 21.1. The fourth-order valence-corrected chi connectivity index (χ4v) is 4.04. The van der Waals surface area contributed by atoms with Crippen LogP contribution in [0.5, 0.6) is 11.5 Å². The minimum absolute atomic E-state index is 0.0361. The predicted octanol–water partition coefficient (Wildman–Crippen LogP) is 5.15. The van der Waals surface area contributed by atoms with E-state index in [1.54, 1.807) is 6.07 Å². The van der Waals surface area contributed by atoms with Crippen LogP contribution in [-0.4, -0.2) is 11.7 Å². The van der Waals surface area contributed by atoms with Gasteiger partial charge in [-0.25, -0.2) is 0 Å². The van der Waals surface area contributed by atoms with Crippen molar-refractivity contribution in [3.05, 3.63) is 99.0 Å². The molecule has 30 heavy (non-hydrogen) atoms. The van der Waals surface area contributed by atoms with E-state index in [1.165, 1.54) is 0 Å². The number of para-hydroxylation sites is 1. The predicted molar refractivity (Wildman–Crippen MR) is 123 cm³/mol. The lowest BCUT2D eigenvalue weighted by Crippen LogP contribution is -2.89. The second-order valence-electron chi connectivity index (χ2n) is 7.11. The van der Waals surface area contributed by atoms with Gasteiger partial charge in [0.25, 0.3) is 0 Å². The SMILES string of the molecule is CCOc1cccc(C2C=C(c3ccc(Br)cc3)NC(c3ccc(Cl)cc3)[NH2+]2)c1O. The summed E-state index contributed by atoms with van der Waals surface area (Å²) in [5.74, 6) is 0.687. The molecule has 0 aliphatic carbocycles. The Morgan fingerprint density at radius 3 is 2.50 bits per heavy atom. The number of benzene rings is 3. The normalized spacial score (nSPS) is 18.4. The molecule has 4 N–H and O–H groups in total. The van der Waals surface area contributed by atoms with Gasteiger partial charge in [0, 0.05) is 26.8 Å². The van der Waals surface area contributed by atoms with E-state index >= 15 is 0 Å². The molecule has 2 atom stereocenters. The molecule has 0 radical (unpaired) electrons. The van der Waals surface area contributed by atoms with Crippen molar-refractivity contribution in [3.63, 3.8) is 0 Å². The van der Waals surface area contributed by atoms with E-state index < -0.39 is 0 Å². The van der Waals surface area contributed by atoms with Crippen LogP contribution >= 0.6 is 27.5 Å². The molecule has 4 rings (SSSR count). The zero-order valence-corrected chi connectivity index (χ0v) is 18.8. The Labute approximate surface area is 189 Å². The van der Waals surface area contributed by atoms with Crippen LogP contribution in [0.1, 0.15) is 35.8 Å². The first-order chi connectivity index (χ1) is 14.5. The molecule has 1 heterocycles. The van der Waals surface area contributed by atoms with E-state index in [9.17, 15) is 5.11 Å². The van der Waals surface area contributed by atoms with Crippen molar-refractivity contribution in [1.82, 2.24) is 5.32 Å². The number of halogens is 2. The van der Waals surface area contributed by atoms with Crippen LogP contribution in [0.25, 0.3) is 5.70 Å². The number of phenolic OH excluding ortho intramolecular Hbond substituents is 1. The van der Waals surface area contributed by atoms with Crippen LogP contribution in [-0.2, 0) is 0 Å². The third-order valence-corrected chi connectivity index (χ3v) is 5.91. The lowest BCUT2D eigenvalue weighted by Gasteiger charge is -2.30. The number of ether oxygens (including phenoxy) is 1. The first-order valence-corrected chi connectivity index (χ1v) is 11.0. The summed E-state index contributed by atoms with van der Waals surface area (Å²) in [6.07, 6.45) is 2.10. The van der Waals surface area contributed by atoms with Gasteiger partial charge >= 0.3 is 0 Å². The van der Waals surface area contributed by atoms with Crippen molar-refractivity contribution < 1.29 is 15.2 Å². The van der Waals surface area contributed by atoms with Gasteiger partial charge < -0.3 is 20.5 Å². The topological polar surface area (TPSA) is 58.1 Å². The molecule has 0 fully saturated rings. The van der Waals surface area contributed by atoms with E-state index in [2.05, 4.69) is 44.8 Å². The summed E-state index contributed by atoms with van der Waals surface area (Å²) in [6, 6.07) is 21.6. The molecule has 1 aliphatic rings. The summed E-state index contributed by atoms with van der Waals surface area (Å²) in [5.41, 5.74) is 4.01.